The van der Waals surface area contributed by atoms with E-state index in [-0.39, 0.29) is 5.91 Å². The lowest BCUT2D eigenvalue weighted by Gasteiger charge is -2.17. The van der Waals surface area contributed by atoms with Crippen molar-refractivity contribution in [2.45, 2.75) is 20.0 Å². The highest BCUT2D eigenvalue weighted by Gasteiger charge is 2.19. The number of benzene rings is 2. The first-order valence-electron chi connectivity index (χ1n) is 9.55. The smallest absolute Gasteiger partial charge is 0.255 e. The van der Waals surface area contributed by atoms with E-state index in [4.69, 9.17) is 9.47 Å². The first-order chi connectivity index (χ1) is 14.2. The molecule has 1 N–H and O–H groups in total. The number of thiazole rings is 1. The van der Waals surface area contributed by atoms with Crippen molar-refractivity contribution in [1.82, 2.24) is 4.98 Å². The molecule has 0 aliphatic carbocycles. The van der Waals surface area contributed by atoms with Crippen LogP contribution in [0.5, 0.6) is 11.5 Å². The lowest BCUT2D eigenvalue weighted by molar-refractivity contribution is 0.102. The average molecular weight is 410 g/mol. The number of methoxy groups -OCH3 is 1. The van der Waals surface area contributed by atoms with E-state index in [0.29, 0.717) is 23.7 Å². The van der Waals surface area contributed by atoms with Crippen LogP contribution in [0, 0.1) is 0 Å². The van der Waals surface area contributed by atoms with Gasteiger partial charge in [-0.2, -0.15) is 0 Å². The molecule has 1 aromatic heterocycles. The van der Waals surface area contributed by atoms with E-state index >= 15 is 0 Å². The minimum absolute atomic E-state index is 0.185. The number of fused-ring (bicyclic) bond motifs is 1. The summed E-state index contributed by atoms with van der Waals surface area (Å²) in [6.07, 6.45) is 1.05. The number of carbonyl (C=O) groups is 1. The molecule has 1 aliphatic rings. The van der Waals surface area contributed by atoms with Gasteiger partial charge in [0, 0.05) is 35.4 Å². The van der Waals surface area contributed by atoms with Crippen LogP contribution in [0.1, 0.15) is 28.5 Å². The molecule has 6 nitrogen and oxygen atoms in total. The number of likely N-dealkylation sites (N-methyl/N-ethyl adjacent to an activating group) is 1. The zero-order valence-electron chi connectivity index (χ0n) is 16.5. The molecule has 7 heteroatoms. The topological polar surface area (TPSA) is 63.7 Å². The van der Waals surface area contributed by atoms with Crippen LogP contribution in [0.25, 0.3) is 0 Å². The second-order valence-corrected chi connectivity index (χ2v) is 7.48. The van der Waals surface area contributed by atoms with Gasteiger partial charge in [0.15, 0.2) is 11.5 Å². The van der Waals surface area contributed by atoms with Gasteiger partial charge < -0.3 is 19.7 Å². The van der Waals surface area contributed by atoms with Crippen LogP contribution in [0.15, 0.2) is 47.3 Å². The zero-order chi connectivity index (χ0) is 20.2. The molecule has 29 heavy (non-hydrogen) atoms. The maximum absolute atomic E-state index is 12.8. The number of anilines is 2. The SMILES string of the molecule is CCN1CCc2ccc(NC(=O)c3ccc(OCc4cscn4)c(OC)c3)cc21. The highest BCUT2D eigenvalue weighted by Crippen LogP contribution is 2.32. The van der Waals surface area contributed by atoms with Crippen molar-refractivity contribution in [3.63, 3.8) is 0 Å². The fourth-order valence-corrected chi connectivity index (χ4v) is 3.99. The summed E-state index contributed by atoms with van der Waals surface area (Å²) in [5, 5.41) is 4.92. The summed E-state index contributed by atoms with van der Waals surface area (Å²) in [6.45, 7) is 4.49. The Morgan fingerprint density at radius 1 is 1.24 bits per heavy atom. The van der Waals surface area contributed by atoms with E-state index in [1.165, 1.54) is 22.6 Å². The molecule has 2 aromatic carbocycles. The Hall–Kier alpha value is -3.06. The van der Waals surface area contributed by atoms with Crippen LogP contribution in [0.2, 0.25) is 0 Å². The van der Waals surface area contributed by atoms with E-state index in [9.17, 15) is 4.79 Å². The van der Waals surface area contributed by atoms with Crippen molar-refractivity contribution in [3.05, 3.63) is 64.1 Å². The third-order valence-electron chi connectivity index (χ3n) is 5.00. The Morgan fingerprint density at radius 3 is 2.90 bits per heavy atom. The number of hydrogen-bond acceptors (Lipinski definition) is 6. The molecular weight excluding hydrogens is 386 g/mol. The summed E-state index contributed by atoms with van der Waals surface area (Å²) in [7, 11) is 1.56. The minimum atomic E-state index is -0.185. The monoisotopic (exact) mass is 409 g/mol. The summed E-state index contributed by atoms with van der Waals surface area (Å²) in [4.78, 5) is 19.3. The molecule has 3 aromatic rings. The van der Waals surface area contributed by atoms with Crippen LogP contribution in [-0.2, 0) is 13.0 Å². The van der Waals surface area contributed by atoms with Gasteiger partial charge >= 0.3 is 0 Å². The van der Waals surface area contributed by atoms with Crippen LogP contribution < -0.4 is 19.7 Å². The van der Waals surface area contributed by atoms with E-state index in [1.54, 1.807) is 30.8 Å². The molecule has 0 unspecified atom stereocenters. The zero-order valence-corrected chi connectivity index (χ0v) is 17.3. The Bertz CT molecular complexity index is 1000. The van der Waals surface area contributed by atoms with Crippen molar-refractivity contribution >= 4 is 28.6 Å². The third-order valence-corrected chi connectivity index (χ3v) is 5.64. The van der Waals surface area contributed by atoms with E-state index in [2.05, 4.69) is 28.2 Å². The lowest BCUT2D eigenvalue weighted by atomic mass is 10.1. The maximum atomic E-state index is 12.8. The molecule has 1 aliphatic heterocycles. The molecule has 0 fully saturated rings. The van der Waals surface area contributed by atoms with Crippen molar-refractivity contribution in [2.75, 3.05) is 30.4 Å². The fraction of sp³-hybridized carbons (Fsp3) is 0.273. The number of nitrogens with one attached hydrogen (secondary N) is 1. The molecule has 0 bridgehead atoms. The Labute approximate surface area is 174 Å². The second-order valence-electron chi connectivity index (χ2n) is 6.76. The molecule has 0 saturated carbocycles. The van der Waals surface area contributed by atoms with E-state index < -0.39 is 0 Å². The average Bonchev–Trinajstić information content (AvgIpc) is 3.41. The van der Waals surface area contributed by atoms with Crippen LogP contribution in [-0.4, -0.2) is 31.1 Å². The number of amides is 1. The number of nitrogens with zero attached hydrogens (tertiary/aromatic N) is 2. The van der Waals surface area contributed by atoms with Gasteiger partial charge in [0.25, 0.3) is 5.91 Å². The van der Waals surface area contributed by atoms with Crippen LogP contribution >= 0.6 is 11.3 Å². The summed E-state index contributed by atoms with van der Waals surface area (Å²) < 4.78 is 11.2. The fourth-order valence-electron chi connectivity index (χ4n) is 3.44. The number of rotatable bonds is 7. The predicted molar refractivity (Wildman–Crippen MR) is 115 cm³/mol. The highest BCUT2D eigenvalue weighted by molar-refractivity contribution is 7.07. The summed E-state index contributed by atoms with van der Waals surface area (Å²) in [5.74, 6) is 0.905. The number of hydrogen-bond donors (Lipinski definition) is 1. The Kier molecular flexibility index (Phi) is 5.67. The molecule has 0 atom stereocenters. The quantitative estimate of drug-likeness (QED) is 0.628. The first-order valence-corrected chi connectivity index (χ1v) is 10.5. The standard InChI is InChI=1S/C22H23N3O3S/c1-3-25-9-8-15-4-6-17(11-19(15)25)24-22(26)16-5-7-20(21(10-16)27-2)28-12-18-13-29-14-23-18/h4-7,10-11,13-14H,3,8-9,12H2,1-2H3,(H,24,26). The van der Waals surface area contributed by atoms with Gasteiger partial charge in [0.05, 0.1) is 18.3 Å². The molecule has 0 spiro atoms. The lowest BCUT2D eigenvalue weighted by Crippen LogP contribution is -2.19. The summed E-state index contributed by atoms with van der Waals surface area (Å²) >= 11 is 1.52. The third kappa shape index (κ3) is 4.19. The van der Waals surface area contributed by atoms with Crippen molar-refractivity contribution in [3.8, 4) is 11.5 Å². The van der Waals surface area contributed by atoms with Crippen LogP contribution in [0.3, 0.4) is 0 Å². The van der Waals surface area contributed by atoms with Gasteiger partial charge in [-0.3, -0.25) is 4.79 Å². The van der Waals surface area contributed by atoms with E-state index in [1.807, 2.05) is 17.5 Å². The van der Waals surface area contributed by atoms with Crippen molar-refractivity contribution < 1.29 is 14.3 Å². The molecule has 4 rings (SSSR count). The summed E-state index contributed by atoms with van der Waals surface area (Å²) in [6, 6.07) is 11.3. The maximum Gasteiger partial charge on any atom is 0.255 e. The Balaban J connectivity index is 1.47. The molecule has 150 valence electrons. The van der Waals surface area contributed by atoms with Crippen molar-refractivity contribution in [1.29, 1.82) is 0 Å². The predicted octanol–water partition coefficient (Wildman–Crippen LogP) is 4.37. The molecule has 1 amide bonds. The normalized spacial score (nSPS) is 12.6. The summed E-state index contributed by atoms with van der Waals surface area (Å²) in [5.41, 5.74) is 6.45. The number of ether oxygens (including phenoxy) is 2. The van der Waals surface area contributed by atoms with Gasteiger partial charge in [-0.25, -0.2) is 4.98 Å². The van der Waals surface area contributed by atoms with E-state index in [0.717, 1.165) is 30.9 Å². The van der Waals surface area contributed by atoms with Gasteiger partial charge in [-0.05, 0) is 49.2 Å². The second kappa shape index (κ2) is 8.53. The van der Waals surface area contributed by atoms with Gasteiger partial charge in [-0.15, -0.1) is 11.3 Å². The highest BCUT2D eigenvalue weighted by atomic mass is 32.1. The molecule has 0 radical (unpaired) electrons. The first kappa shape index (κ1) is 19.3. The Morgan fingerprint density at radius 2 is 2.14 bits per heavy atom. The number of aromatic nitrogens is 1. The van der Waals surface area contributed by atoms with Gasteiger partial charge in [-0.1, -0.05) is 6.07 Å². The number of carbonyl (C=O) groups excluding carboxylic acids is 1. The minimum Gasteiger partial charge on any atom is -0.493 e. The van der Waals surface area contributed by atoms with Gasteiger partial charge in [0.1, 0.15) is 6.61 Å². The van der Waals surface area contributed by atoms with Crippen molar-refractivity contribution in [2.24, 2.45) is 0 Å². The molecule has 0 saturated heterocycles. The molecule has 2 heterocycles. The van der Waals surface area contributed by atoms with Gasteiger partial charge in [0.2, 0.25) is 0 Å². The van der Waals surface area contributed by atoms with Crippen LogP contribution in [0.4, 0.5) is 11.4 Å². The molecular formula is C22H23N3O3S. The largest absolute Gasteiger partial charge is 0.493 e.